The van der Waals surface area contributed by atoms with Crippen LogP contribution in [0.2, 0.25) is 0 Å². The second kappa shape index (κ2) is 9.96. The Hall–Kier alpha value is -3.28. The molecular formula is C21H28N4O5. The van der Waals surface area contributed by atoms with Crippen molar-refractivity contribution < 1.29 is 24.2 Å². The largest absolute Gasteiger partial charge is 0.465 e. The Morgan fingerprint density at radius 2 is 2.10 bits per heavy atom. The van der Waals surface area contributed by atoms with Gasteiger partial charge in [0.15, 0.2) is 0 Å². The number of carbonyl (C=O) groups is 3. The number of likely N-dealkylation sites (tertiary alicyclic amines) is 1. The highest BCUT2D eigenvalue weighted by Crippen LogP contribution is 2.15. The van der Waals surface area contributed by atoms with Gasteiger partial charge in [0.2, 0.25) is 5.91 Å². The minimum absolute atomic E-state index is 0.182. The van der Waals surface area contributed by atoms with E-state index in [0.29, 0.717) is 24.9 Å². The predicted molar refractivity (Wildman–Crippen MR) is 109 cm³/mol. The molecule has 0 saturated carbocycles. The second-order valence-corrected chi connectivity index (χ2v) is 8.29. The predicted octanol–water partition coefficient (Wildman–Crippen LogP) is 2.25. The van der Waals surface area contributed by atoms with E-state index < -0.39 is 23.8 Å². The van der Waals surface area contributed by atoms with E-state index in [1.54, 1.807) is 49.9 Å². The van der Waals surface area contributed by atoms with Crippen LogP contribution >= 0.6 is 0 Å². The van der Waals surface area contributed by atoms with Gasteiger partial charge in [-0.2, -0.15) is 5.26 Å². The van der Waals surface area contributed by atoms with Gasteiger partial charge >= 0.3 is 12.2 Å². The molecule has 0 bridgehead atoms. The molecule has 1 fully saturated rings. The van der Waals surface area contributed by atoms with E-state index >= 15 is 0 Å². The smallest absolute Gasteiger partial charge is 0.408 e. The van der Waals surface area contributed by atoms with Crippen LogP contribution < -0.4 is 10.6 Å². The van der Waals surface area contributed by atoms with E-state index in [1.165, 1.54) is 0 Å². The van der Waals surface area contributed by atoms with E-state index in [-0.39, 0.29) is 24.9 Å². The molecule has 0 aromatic heterocycles. The number of ether oxygens (including phenoxy) is 1. The van der Waals surface area contributed by atoms with Crippen molar-refractivity contribution in [1.29, 1.82) is 5.26 Å². The Kier molecular flexibility index (Phi) is 7.64. The van der Waals surface area contributed by atoms with Gasteiger partial charge < -0.3 is 25.4 Å². The molecule has 0 spiro atoms. The van der Waals surface area contributed by atoms with E-state index in [4.69, 9.17) is 15.1 Å². The Morgan fingerprint density at radius 1 is 1.37 bits per heavy atom. The number of hydrogen-bond donors (Lipinski definition) is 3. The highest BCUT2D eigenvalue weighted by atomic mass is 16.6. The number of carboxylic acid groups (broad SMARTS) is 1. The fourth-order valence-corrected chi connectivity index (χ4v) is 3.34. The summed E-state index contributed by atoms with van der Waals surface area (Å²) in [4.78, 5) is 38.0. The standard InChI is InChI=1S/C21H28N4O5/c1-21(2,3)30-20(29)24-17(11-14-6-4-7-15(10-14)12-22)18(26)25-9-5-8-16(13-25)23-19(27)28/h4,6-7,10,16-17,23H,5,8-9,11,13H2,1-3H3,(H,24,29)(H,27,28)/t16-,17?/m1/s1. The maximum atomic E-state index is 13.2. The number of alkyl carbamates (subject to hydrolysis) is 1. The third kappa shape index (κ3) is 7.28. The Balaban J connectivity index is 2.18. The molecule has 1 unspecified atom stereocenters. The van der Waals surface area contributed by atoms with Crippen LogP contribution in [0.15, 0.2) is 24.3 Å². The van der Waals surface area contributed by atoms with Crippen LogP contribution in [-0.4, -0.2) is 58.9 Å². The van der Waals surface area contributed by atoms with Crippen molar-refractivity contribution in [2.75, 3.05) is 13.1 Å². The lowest BCUT2D eigenvalue weighted by Gasteiger charge is -2.35. The lowest BCUT2D eigenvalue weighted by atomic mass is 10.0. The van der Waals surface area contributed by atoms with Gasteiger partial charge in [0.25, 0.3) is 0 Å². The average molecular weight is 416 g/mol. The number of nitrogens with one attached hydrogen (secondary N) is 2. The molecule has 0 aliphatic carbocycles. The third-order valence-electron chi connectivity index (χ3n) is 4.55. The molecule has 1 saturated heterocycles. The maximum absolute atomic E-state index is 13.2. The molecule has 3 amide bonds. The summed E-state index contributed by atoms with van der Waals surface area (Å²) in [7, 11) is 0. The van der Waals surface area contributed by atoms with Gasteiger partial charge in [-0.15, -0.1) is 0 Å². The van der Waals surface area contributed by atoms with Crippen molar-refractivity contribution in [3.8, 4) is 6.07 Å². The van der Waals surface area contributed by atoms with Crippen molar-refractivity contribution in [3.63, 3.8) is 0 Å². The number of hydrogen-bond acceptors (Lipinski definition) is 5. The van der Waals surface area contributed by atoms with Gasteiger partial charge in [-0.3, -0.25) is 4.79 Å². The number of nitriles is 1. The summed E-state index contributed by atoms with van der Waals surface area (Å²) < 4.78 is 5.30. The minimum atomic E-state index is -1.13. The number of nitrogens with zero attached hydrogens (tertiary/aromatic N) is 2. The average Bonchev–Trinajstić information content (AvgIpc) is 2.65. The number of amides is 3. The molecule has 1 aliphatic heterocycles. The lowest BCUT2D eigenvalue weighted by molar-refractivity contribution is -0.134. The Bertz CT molecular complexity index is 827. The van der Waals surface area contributed by atoms with Gasteiger partial charge in [-0.05, 0) is 51.3 Å². The highest BCUT2D eigenvalue weighted by Gasteiger charge is 2.31. The molecule has 1 aromatic carbocycles. The van der Waals surface area contributed by atoms with E-state index in [1.807, 2.05) is 0 Å². The molecule has 2 atom stereocenters. The Morgan fingerprint density at radius 3 is 2.73 bits per heavy atom. The number of carbonyl (C=O) groups excluding carboxylic acids is 2. The Labute approximate surface area is 176 Å². The molecule has 2 rings (SSSR count). The summed E-state index contributed by atoms with van der Waals surface area (Å²) in [6.07, 6.45) is -0.369. The fraction of sp³-hybridized carbons (Fsp3) is 0.524. The minimum Gasteiger partial charge on any atom is -0.465 e. The summed E-state index contributed by atoms with van der Waals surface area (Å²) >= 11 is 0. The first-order chi connectivity index (χ1) is 14.1. The van der Waals surface area contributed by atoms with Crippen molar-refractivity contribution in [3.05, 3.63) is 35.4 Å². The molecule has 30 heavy (non-hydrogen) atoms. The normalized spacial score (nSPS) is 17.4. The van der Waals surface area contributed by atoms with Crippen molar-refractivity contribution in [2.45, 2.75) is 57.7 Å². The first-order valence-corrected chi connectivity index (χ1v) is 9.84. The van der Waals surface area contributed by atoms with Crippen LogP contribution in [0.4, 0.5) is 9.59 Å². The summed E-state index contributed by atoms with van der Waals surface area (Å²) in [5.41, 5.74) is 0.459. The van der Waals surface area contributed by atoms with E-state index in [2.05, 4.69) is 16.7 Å². The third-order valence-corrected chi connectivity index (χ3v) is 4.55. The van der Waals surface area contributed by atoms with Crippen molar-refractivity contribution >= 4 is 18.1 Å². The topological polar surface area (TPSA) is 132 Å². The molecule has 3 N–H and O–H groups in total. The highest BCUT2D eigenvalue weighted by molar-refractivity contribution is 5.86. The number of rotatable bonds is 5. The van der Waals surface area contributed by atoms with Crippen molar-refractivity contribution in [2.24, 2.45) is 0 Å². The molecular weight excluding hydrogens is 388 g/mol. The lowest BCUT2D eigenvalue weighted by Crippen LogP contribution is -2.56. The zero-order valence-corrected chi connectivity index (χ0v) is 17.5. The monoisotopic (exact) mass is 416 g/mol. The maximum Gasteiger partial charge on any atom is 0.408 e. The molecule has 1 aromatic rings. The van der Waals surface area contributed by atoms with Crippen LogP contribution in [0.1, 0.15) is 44.7 Å². The summed E-state index contributed by atoms with van der Waals surface area (Å²) in [5.74, 6) is -0.319. The molecule has 0 radical (unpaired) electrons. The zero-order chi connectivity index (χ0) is 22.3. The first-order valence-electron chi connectivity index (χ1n) is 9.84. The van der Waals surface area contributed by atoms with Crippen LogP contribution in [0.25, 0.3) is 0 Å². The fourth-order valence-electron chi connectivity index (χ4n) is 3.34. The van der Waals surface area contributed by atoms with Gasteiger partial charge in [-0.25, -0.2) is 9.59 Å². The second-order valence-electron chi connectivity index (χ2n) is 8.29. The van der Waals surface area contributed by atoms with Gasteiger partial charge in [-0.1, -0.05) is 12.1 Å². The van der Waals surface area contributed by atoms with Crippen LogP contribution in [0.3, 0.4) is 0 Å². The summed E-state index contributed by atoms with van der Waals surface area (Å²) in [6, 6.07) is 7.62. The van der Waals surface area contributed by atoms with E-state index in [9.17, 15) is 14.4 Å². The summed E-state index contributed by atoms with van der Waals surface area (Å²) in [5, 5.41) is 23.1. The molecule has 1 heterocycles. The van der Waals surface area contributed by atoms with Crippen LogP contribution in [0, 0.1) is 11.3 Å². The van der Waals surface area contributed by atoms with Crippen LogP contribution in [0.5, 0.6) is 0 Å². The number of piperidine rings is 1. The molecule has 9 nitrogen and oxygen atoms in total. The molecule has 9 heteroatoms. The summed E-state index contributed by atoms with van der Waals surface area (Å²) in [6.45, 7) is 5.89. The molecule has 162 valence electrons. The van der Waals surface area contributed by atoms with E-state index in [0.717, 1.165) is 5.56 Å². The quantitative estimate of drug-likeness (QED) is 0.674. The van der Waals surface area contributed by atoms with Gasteiger partial charge in [0.1, 0.15) is 11.6 Å². The first kappa shape index (κ1) is 23.0. The number of benzene rings is 1. The SMILES string of the molecule is CC(C)(C)OC(=O)NC(Cc1cccc(C#N)c1)C(=O)N1CCC[C@@H](NC(=O)O)C1. The molecule has 1 aliphatic rings. The van der Waals surface area contributed by atoms with Gasteiger partial charge in [0, 0.05) is 25.6 Å². The van der Waals surface area contributed by atoms with Crippen LogP contribution in [-0.2, 0) is 16.0 Å². The van der Waals surface area contributed by atoms with Crippen molar-refractivity contribution in [1.82, 2.24) is 15.5 Å². The van der Waals surface area contributed by atoms with Gasteiger partial charge in [0.05, 0.1) is 11.6 Å². The zero-order valence-electron chi connectivity index (χ0n) is 17.5.